The Hall–Kier alpha value is -0.930. The summed E-state index contributed by atoms with van der Waals surface area (Å²) < 4.78 is 13.0. The van der Waals surface area contributed by atoms with Crippen molar-refractivity contribution < 1.29 is 4.39 Å². The van der Waals surface area contributed by atoms with Gasteiger partial charge in [0, 0.05) is 7.05 Å². The summed E-state index contributed by atoms with van der Waals surface area (Å²) in [5.74, 6) is -0.417. The average molecular weight is 101 g/mol. The van der Waals surface area contributed by atoms with Crippen molar-refractivity contribution in [2.75, 3.05) is 0 Å². The molecule has 0 aliphatic heterocycles. The third-order valence-electron chi connectivity index (χ3n) is 0.659. The highest BCUT2D eigenvalue weighted by molar-refractivity contribution is 4.67. The Balaban J connectivity index is 3.12. The summed E-state index contributed by atoms with van der Waals surface area (Å²) in [7, 11) is 1.49. The number of aromatic nitrogens is 3. The zero-order valence-corrected chi connectivity index (χ0v) is 3.80. The Morgan fingerprint density at radius 1 is 1.86 bits per heavy atom. The lowest BCUT2D eigenvalue weighted by Gasteiger charge is -1.80. The van der Waals surface area contributed by atoms with Crippen molar-refractivity contribution >= 4 is 0 Å². The Morgan fingerprint density at radius 2 is 2.57 bits per heavy atom. The van der Waals surface area contributed by atoms with Gasteiger partial charge in [-0.1, -0.05) is 5.21 Å². The van der Waals surface area contributed by atoms with E-state index in [9.17, 15) is 4.39 Å². The van der Waals surface area contributed by atoms with Crippen molar-refractivity contribution in [2.45, 2.75) is 0 Å². The fraction of sp³-hybridized carbons (Fsp3) is 0.333. The van der Waals surface area contributed by atoms with Crippen molar-refractivity contribution in [3.8, 4) is 0 Å². The van der Waals surface area contributed by atoms with E-state index >= 15 is 0 Å². The zero-order valence-electron chi connectivity index (χ0n) is 3.80. The maximum atomic E-state index is 11.9. The molecule has 0 saturated carbocycles. The molecular weight excluding hydrogens is 97.1 g/mol. The maximum absolute atomic E-state index is 11.9. The number of nitrogens with zero attached hydrogens (tertiary/aromatic N) is 3. The second kappa shape index (κ2) is 1.29. The Kier molecular flexibility index (Phi) is 0.780. The quantitative estimate of drug-likeness (QED) is 0.459. The number of hydrogen-bond acceptors (Lipinski definition) is 2. The molecule has 0 N–H and O–H groups in total. The second-order valence-corrected chi connectivity index (χ2v) is 1.18. The molecule has 1 aromatic heterocycles. The molecular formula is C3H4FN3. The van der Waals surface area contributed by atoms with Crippen LogP contribution in [-0.4, -0.2) is 15.0 Å². The molecule has 0 saturated heterocycles. The number of halogens is 1. The van der Waals surface area contributed by atoms with E-state index in [0.29, 0.717) is 0 Å². The Morgan fingerprint density at radius 3 is 2.71 bits per heavy atom. The van der Waals surface area contributed by atoms with Crippen molar-refractivity contribution in [3.63, 3.8) is 0 Å². The van der Waals surface area contributed by atoms with Gasteiger partial charge in [0.1, 0.15) is 6.20 Å². The van der Waals surface area contributed by atoms with Gasteiger partial charge in [-0.25, -0.2) is 4.68 Å². The molecule has 0 atom stereocenters. The van der Waals surface area contributed by atoms with Crippen LogP contribution in [0.2, 0.25) is 0 Å². The predicted molar refractivity (Wildman–Crippen MR) is 21.0 cm³/mol. The van der Waals surface area contributed by atoms with Crippen molar-refractivity contribution in [1.29, 1.82) is 0 Å². The normalized spacial score (nSPS) is 9.43. The zero-order chi connectivity index (χ0) is 5.28. The minimum absolute atomic E-state index is 0.417. The van der Waals surface area contributed by atoms with E-state index in [1.54, 1.807) is 0 Å². The van der Waals surface area contributed by atoms with Crippen LogP contribution in [0.25, 0.3) is 0 Å². The fourth-order valence-corrected chi connectivity index (χ4v) is 0.277. The van der Waals surface area contributed by atoms with Gasteiger partial charge in [-0.3, -0.25) is 0 Å². The minimum Gasteiger partial charge on any atom is -0.222 e. The van der Waals surface area contributed by atoms with Crippen LogP contribution in [0, 0.1) is 5.95 Å². The molecule has 0 spiro atoms. The predicted octanol–water partition coefficient (Wildman–Crippen LogP) is -0.0458. The van der Waals surface area contributed by atoms with Crippen LogP contribution in [0.15, 0.2) is 6.20 Å². The lowest BCUT2D eigenvalue weighted by Crippen LogP contribution is -1.92. The van der Waals surface area contributed by atoms with Gasteiger partial charge in [-0.15, -0.1) is 5.10 Å². The molecule has 0 fully saturated rings. The molecule has 0 aromatic carbocycles. The standard InChI is InChI=1S/C3H4FN3/c1-7-3(4)2-5-6-7/h2H,1H3. The Bertz CT molecular complexity index is 142. The molecule has 3 nitrogen and oxygen atoms in total. The van der Waals surface area contributed by atoms with Crippen LogP contribution in [0.3, 0.4) is 0 Å². The summed E-state index contributed by atoms with van der Waals surface area (Å²) in [5.41, 5.74) is 0. The molecule has 1 rings (SSSR count). The largest absolute Gasteiger partial charge is 0.231 e. The number of aryl methyl sites for hydroxylation is 1. The molecule has 7 heavy (non-hydrogen) atoms. The van der Waals surface area contributed by atoms with Crippen molar-refractivity contribution in [3.05, 3.63) is 12.1 Å². The van der Waals surface area contributed by atoms with Crippen LogP contribution in [0.5, 0.6) is 0 Å². The van der Waals surface area contributed by atoms with E-state index in [2.05, 4.69) is 10.3 Å². The number of rotatable bonds is 0. The first-order chi connectivity index (χ1) is 3.30. The monoisotopic (exact) mass is 101 g/mol. The molecule has 0 radical (unpaired) electrons. The number of hydrogen-bond donors (Lipinski definition) is 0. The summed E-state index contributed by atoms with van der Waals surface area (Å²) in [6.45, 7) is 0. The SMILES string of the molecule is Cn1nncc1F. The van der Waals surface area contributed by atoms with Gasteiger partial charge in [0.15, 0.2) is 0 Å². The van der Waals surface area contributed by atoms with Crippen molar-refractivity contribution in [2.24, 2.45) is 7.05 Å². The third kappa shape index (κ3) is 0.581. The first-order valence-corrected chi connectivity index (χ1v) is 1.81. The van der Waals surface area contributed by atoms with Crippen LogP contribution < -0.4 is 0 Å². The summed E-state index contributed by atoms with van der Waals surface area (Å²) >= 11 is 0. The van der Waals surface area contributed by atoms with E-state index in [4.69, 9.17) is 0 Å². The highest BCUT2D eigenvalue weighted by atomic mass is 19.1. The molecule has 0 unspecified atom stereocenters. The van der Waals surface area contributed by atoms with Crippen LogP contribution in [0.1, 0.15) is 0 Å². The highest BCUT2D eigenvalue weighted by Crippen LogP contribution is 1.84. The fourth-order valence-electron chi connectivity index (χ4n) is 0.277. The van der Waals surface area contributed by atoms with E-state index < -0.39 is 5.95 Å². The second-order valence-electron chi connectivity index (χ2n) is 1.18. The molecule has 1 aromatic rings. The molecule has 4 heteroatoms. The van der Waals surface area contributed by atoms with Crippen molar-refractivity contribution in [1.82, 2.24) is 15.0 Å². The van der Waals surface area contributed by atoms with Gasteiger partial charge in [0.05, 0.1) is 0 Å². The van der Waals surface area contributed by atoms with Crippen LogP contribution in [0.4, 0.5) is 4.39 Å². The van der Waals surface area contributed by atoms with Gasteiger partial charge < -0.3 is 0 Å². The summed E-state index contributed by atoms with van der Waals surface area (Å²) in [4.78, 5) is 0. The summed E-state index contributed by atoms with van der Waals surface area (Å²) in [6, 6.07) is 0. The van der Waals surface area contributed by atoms with Crippen LogP contribution in [-0.2, 0) is 7.05 Å². The first-order valence-electron chi connectivity index (χ1n) is 1.81. The van der Waals surface area contributed by atoms with Gasteiger partial charge in [0.25, 0.3) is 0 Å². The molecule has 1 heterocycles. The lowest BCUT2D eigenvalue weighted by atomic mass is 10.9. The lowest BCUT2D eigenvalue weighted by molar-refractivity contribution is 0.500. The average Bonchev–Trinajstić information content (AvgIpc) is 1.91. The summed E-state index contributed by atoms with van der Waals surface area (Å²) in [6.07, 6.45) is 1.06. The van der Waals surface area contributed by atoms with Gasteiger partial charge >= 0.3 is 0 Å². The smallest absolute Gasteiger partial charge is 0.222 e. The first kappa shape index (κ1) is 4.23. The van der Waals surface area contributed by atoms with E-state index in [-0.39, 0.29) is 0 Å². The maximum Gasteiger partial charge on any atom is 0.231 e. The Labute approximate surface area is 39.8 Å². The van der Waals surface area contributed by atoms with E-state index in [1.165, 1.54) is 7.05 Å². The van der Waals surface area contributed by atoms with E-state index in [0.717, 1.165) is 10.9 Å². The van der Waals surface area contributed by atoms with E-state index in [1.807, 2.05) is 0 Å². The molecule has 38 valence electrons. The van der Waals surface area contributed by atoms with Gasteiger partial charge in [-0.2, -0.15) is 4.39 Å². The molecule has 0 bridgehead atoms. The summed E-state index contributed by atoms with van der Waals surface area (Å²) in [5, 5.41) is 6.57. The minimum atomic E-state index is -0.417. The third-order valence-corrected chi connectivity index (χ3v) is 0.659. The molecule has 0 aliphatic rings. The van der Waals surface area contributed by atoms with Crippen LogP contribution >= 0.6 is 0 Å². The highest BCUT2D eigenvalue weighted by Gasteiger charge is 1.90. The van der Waals surface area contributed by atoms with Gasteiger partial charge in [0.2, 0.25) is 5.95 Å². The topological polar surface area (TPSA) is 30.7 Å². The molecule has 0 amide bonds. The molecule has 0 aliphatic carbocycles. The van der Waals surface area contributed by atoms with Gasteiger partial charge in [-0.05, 0) is 0 Å².